The van der Waals surface area contributed by atoms with Gasteiger partial charge >= 0.3 is 0 Å². The Balaban J connectivity index is 2.50. The molecule has 1 aromatic carbocycles. The average Bonchev–Trinajstić information content (AvgIpc) is 3.17. The van der Waals surface area contributed by atoms with Crippen LogP contribution in [-0.2, 0) is 9.53 Å². The van der Waals surface area contributed by atoms with Gasteiger partial charge in [0.05, 0.1) is 13.7 Å². The number of aromatic nitrogens is 2. The maximum absolute atomic E-state index is 13.2. The minimum absolute atomic E-state index is 0.192. The van der Waals surface area contributed by atoms with Gasteiger partial charge in [-0.3, -0.25) is 9.59 Å². The van der Waals surface area contributed by atoms with Crippen LogP contribution in [0.2, 0.25) is 0 Å². The van der Waals surface area contributed by atoms with Crippen molar-refractivity contribution >= 4 is 23.3 Å². The summed E-state index contributed by atoms with van der Waals surface area (Å²) < 4.78 is 14.2. The van der Waals surface area contributed by atoms with Gasteiger partial charge in [-0.2, -0.15) is 0 Å². The van der Waals surface area contributed by atoms with Crippen LogP contribution in [0.1, 0.15) is 42.9 Å². The number of hydrogen-bond acceptors (Lipinski definition) is 7. The van der Waals surface area contributed by atoms with Crippen molar-refractivity contribution in [2.75, 3.05) is 27.4 Å². The monoisotopic (exact) mass is 406 g/mol. The second-order valence-corrected chi connectivity index (χ2v) is 7.81. The van der Waals surface area contributed by atoms with Crippen LogP contribution in [0, 0.1) is 0 Å². The fourth-order valence-electron chi connectivity index (χ4n) is 2.66. The molecule has 0 saturated heterocycles. The van der Waals surface area contributed by atoms with Gasteiger partial charge in [-0.05, 0) is 50.0 Å². The zero-order valence-electron chi connectivity index (χ0n) is 16.8. The van der Waals surface area contributed by atoms with E-state index in [0.29, 0.717) is 11.3 Å². The number of rotatable bonds is 8. The number of carbonyl (C=O) groups is 2. The summed E-state index contributed by atoms with van der Waals surface area (Å²) in [7, 11) is 3.10. The van der Waals surface area contributed by atoms with Gasteiger partial charge in [0.2, 0.25) is 5.91 Å². The summed E-state index contributed by atoms with van der Waals surface area (Å²) in [5, 5.41) is 8.40. The highest BCUT2D eigenvalue weighted by Crippen LogP contribution is 2.27. The van der Waals surface area contributed by atoms with Crippen molar-refractivity contribution in [3.05, 3.63) is 40.9 Å². The standard InChI is InChI=1S/C19H26N4O4S/c1-19(2,3)20-17(24)16(13-7-6-8-14(11-13)27-5)23(9-10-26-4)18(25)15-12-28-22-21-15/h6-8,11-12,16H,9-10H2,1-5H3,(H,20,24)/t16-/m1/s1. The number of hydrogen-bond donors (Lipinski definition) is 1. The Hall–Kier alpha value is -2.52. The fourth-order valence-corrected chi connectivity index (χ4v) is 3.09. The quantitative estimate of drug-likeness (QED) is 0.723. The Morgan fingerprint density at radius 3 is 2.61 bits per heavy atom. The molecule has 28 heavy (non-hydrogen) atoms. The van der Waals surface area contributed by atoms with Crippen LogP contribution in [0.25, 0.3) is 0 Å². The van der Waals surface area contributed by atoms with Gasteiger partial charge < -0.3 is 19.7 Å². The molecule has 0 saturated carbocycles. The lowest BCUT2D eigenvalue weighted by Gasteiger charge is -2.33. The molecule has 152 valence electrons. The topological polar surface area (TPSA) is 93.7 Å². The van der Waals surface area contributed by atoms with Gasteiger partial charge in [-0.25, -0.2) is 0 Å². The molecule has 1 aromatic heterocycles. The largest absolute Gasteiger partial charge is 0.497 e. The van der Waals surface area contributed by atoms with Crippen LogP contribution in [0.5, 0.6) is 5.75 Å². The summed E-state index contributed by atoms with van der Waals surface area (Å²) in [6.45, 7) is 6.15. The minimum Gasteiger partial charge on any atom is -0.497 e. The van der Waals surface area contributed by atoms with Crippen molar-refractivity contribution in [1.29, 1.82) is 0 Å². The van der Waals surface area contributed by atoms with Gasteiger partial charge in [0, 0.05) is 24.6 Å². The zero-order valence-corrected chi connectivity index (χ0v) is 17.6. The van der Waals surface area contributed by atoms with E-state index in [2.05, 4.69) is 14.9 Å². The van der Waals surface area contributed by atoms with Crippen LogP contribution in [0.3, 0.4) is 0 Å². The first-order valence-electron chi connectivity index (χ1n) is 8.79. The van der Waals surface area contributed by atoms with Crippen LogP contribution in [0.15, 0.2) is 29.6 Å². The molecule has 0 aliphatic carbocycles. The fraction of sp³-hybridized carbons (Fsp3) is 0.474. The third-order valence-electron chi connectivity index (χ3n) is 3.84. The lowest BCUT2D eigenvalue weighted by atomic mass is 10.0. The second-order valence-electron chi connectivity index (χ2n) is 7.20. The third kappa shape index (κ3) is 5.74. The van der Waals surface area contributed by atoms with Crippen molar-refractivity contribution in [2.45, 2.75) is 32.4 Å². The third-order valence-corrected chi connectivity index (χ3v) is 4.35. The van der Waals surface area contributed by atoms with E-state index >= 15 is 0 Å². The van der Waals surface area contributed by atoms with Crippen molar-refractivity contribution in [3.8, 4) is 5.75 Å². The van der Waals surface area contributed by atoms with Gasteiger partial charge in [-0.1, -0.05) is 16.6 Å². The Morgan fingerprint density at radius 2 is 2.04 bits per heavy atom. The number of benzene rings is 1. The van der Waals surface area contributed by atoms with E-state index in [4.69, 9.17) is 9.47 Å². The summed E-state index contributed by atoms with van der Waals surface area (Å²) in [5.74, 6) is -0.0865. The van der Waals surface area contributed by atoms with Crippen LogP contribution in [0.4, 0.5) is 0 Å². The first-order chi connectivity index (χ1) is 13.3. The van der Waals surface area contributed by atoms with E-state index in [1.54, 1.807) is 43.9 Å². The van der Waals surface area contributed by atoms with E-state index in [1.165, 1.54) is 4.90 Å². The van der Waals surface area contributed by atoms with Crippen LogP contribution in [-0.4, -0.2) is 59.2 Å². The number of ether oxygens (including phenoxy) is 2. The summed E-state index contributed by atoms with van der Waals surface area (Å²) in [4.78, 5) is 27.8. The second kappa shape index (κ2) is 9.61. The number of methoxy groups -OCH3 is 2. The van der Waals surface area contributed by atoms with Crippen LogP contribution >= 0.6 is 11.5 Å². The van der Waals surface area contributed by atoms with Gasteiger partial charge in [0.1, 0.15) is 11.8 Å². The molecule has 9 heteroatoms. The molecule has 0 fully saturated rings. The normalized spacial score (nSPS) is 12.3. The van der Waals surface area contributed by atoms with Gasteiger partial charge in [-0.15, -0.1) is 5.10 Å². The molecule has 1 N–H and O–H groups in total. The van der Waals surface area contributed by atoms with E-state index in [9.17, 15) is 9.59 Å². The molecule has 2 rings (SSSR count). The molecule has 1 heterocycles. The Kier molecular flexibility index (Phi) is 7.47. The average molecular weight is 407 g/mol. The maximum atomic E-state index is 13.2. The number of amides is 2. The van der Waals surface area contributed by atoms with Gasteiger partial charge in [0.25, 0.3) is 5.91 Å². The summed E-state index contributed by atoms with van der Waals surface area (Å²) in [6.07, 6.45) is 0. The number of nitrogens with zero attached hydrogens (tertiary/aromatic N) is 3. The predicted molar refractivity (Wildman–Crippen MR) is 106 cm³/mol. The Bertz CT molecular complexity index is 789. The molecule has 0 aliphatic heterocycles. The molecule has 0 spiro atoms. The van der Waals surface area contributed by atoms with E-state index in [0.717, 1.165) is 11.5 Å². The summed E-state index contributed by atoms with van der Waals surface area (Å²) in [5.41, 5.74) is 0.359. The minimum atomic E-state index is -0.876. The summed E-state index contributed by atoms with van der Waals surface area (Å²) >= 11 is 1.08. The van der Waals surface area contributed by atoms with Crippen molar-refractivity contribution in [2.24, 2.45) is 0 Å². The number of nitrogens with one attached hydrogen (secondary N) is 1. The van der Waals surface area contributed by atoms with E-state index < -0.39 is 11.6 Å². The predicted octanol–water partition coefficient (Wildman–Crippen LogP) is 2.29. The van der Waals surface area contributed by atoms with Gasteiger partial charge in [0.15, 0.2) is 5.69 Å². The lowest BCUT2D eigenvalue weighted by molar-refractivity contribution is -0.127. The molecular weight excluding hydrogens is 380 g/mol. The highest BCUT2D eigenvalue weighted by molar-refractivity contribution is 7.03. The molecule has 8 nitrogen and oxygen atoms in total. The molecule has 2 aromatic rings. The van der Waals surface area contributed by atoms with Crippen molar-refractivity contribution < 1.29 is 19.1 Å². The number of carbonyl (C=O) groups excluding carboxylic acids is 2. The van der Waals surface area contributed by atoms with E-state index in [-0.39, 0.29) is 30.7 Å². The SMILES string of the molecule is COCCN(C(=O)c1csnn1)[C@@H](C(=O)NC(C)(C)C)c1cccc(OC)c1. The van der Waals surface area contributed by atoms with E-state index in [1.807, 2.05) is 20.8 Å². The smallest absolute Gasteiger partial charge is 0.276 e. The molecule has 0 unspecified atom stereocenters. The zero-order chi connectivity index (χ0) is 20.7. The molecule has 0 aliphatic rings. The first-order valence-corrected chi connectivity index (χ1v) is 9.63. The Morgan fingerprint density at radius 1 is 1.29 bits per heavy atom. The lowest BCUT2D eigenvalue weighted by Crippen LogP contribution is -2.50. The summed E-state index contributed by atoms with van der Waals surface area (Å²) in [6, 6.07) is 6.24. The first kappa shape index (κ1) is 21.8. The molecule has 0 radical (unpaired) electrons. The highest BCUT2D eigenvalue weighted by Gasteiger charge is 2.34. The molecule has 0 bridgehead atoms. The Labute approximate surface area is 169 Å². The van der Waals surface area contributed by atoms with Crippen LogP contribution < -0.4 is 10.1 Å². The molecular formula is C19H26N4O4S. The molecule has 2 amide bonds. The maximum Gasteiger partial charge on any atom is 0.276 e. The highest BCUT2D eigenvalue weighted by atomic mass is 32.1. The molecule has 1 atom stereocenters. The van der Waals surface area contributed by atoms with Crippen molar-refractivity contribution in [3.63, 3.8) is 0 Å². The van der Waals surface area contributed by atoms with Crippen molar-refractivity contribution in [1.82, 2.24) is 19.8 Å².